The van der Waals surface area contributed by atoms with E-state index in [2.05, 4.69) is 47.9 Å². The molecule has 0 saturated carbocycles. The third-order valence-electron chi connectivity index (χ3n) is 8.68. The number of unbranched alkanes of at least 4 members (excludes halogenated alkanes) is 7. The van der Waals surface area contributed by atoms with Gasteiger partial charge in [0, 0.05) is 12.8 Å². The summed E-state index contributed by atoms with van der Waals surface area (Å²) in [6.07, 6.45) is 46.6. The number of hydrogen-bond donors (Lipinski definition) is 5. The van der Waals surface area contributed by atoms with Crippen LogP contribution in [0.4, 0.5) is 0 Å². The number of carbonyl (C=O) groups excluding carboxylic acids is 2. The Morgan fingerprint density at radius 2 is 1.11 bits per heavy atom. The number of aliphatic hydroxyl groups is 2. The predicted molar refractivity (Wildman–Crippen MR) is 247 cm³/mol. The molecule has 0 spiro atoms. The molecule has 350 valence electrons. The van der Waals surface area contributed by atoms with Gasteiger partial charge in [0.25, 0.3) is 0 Å². The van der Waals surface area contributed by atoms with Crippen LogP contribution in [-0.2, 0) is 37.5 Å². The van der Waals surface area contributed by atoms with Crippen molar-refractivity contribution in [3.05, 3.63) is 109 Å². The molecular weight excluding hydrogens is 813 g/mol. The van der Waals surface area contributed by atoms with Gasteiger partial charge in [0.15, 0.2) is 6.10 Å². The van der Waals surface area contributed by atoms with Gasteiger partial charge < -0.3 is 35.4 Å². The summed E-state index contributed by atoms with van der Waals surface area (Å²) in [5.41, 5.74) is 5.32. The number of hydrogen-bond acceptors (Lipinski definition) is 11. The smallest absolute Gasteiger partial charge is 0.472 e. The Labute approximate surface area is 371 Å². The molecule has 0 aromatic heterocycles. The van der Waals surface area contributed by atoms with Gasteiger partial charge in [0.2, 0.25) is 0 Å². The summed E-state index contributed by atoms with van der Waals surface area (Å²) in [6.45, 7) is 2.36. The first-order valence-corrected chi connectivity index (χ1v) is 23.6. The molecule has 0 aliphatic carbocycles. The molecule has 62 heavy (non-hydrogen) atoms. The summed E-state index contributed by atoms with van der Waals surface area (Å²) in [6, 6.07) is -1.56. The lowest BCUT2D eigenvalue weighted by Crippen LogP contribution is -2.34. The van der Waals surface area contributed by atoms with Gasteiger partial charge in [-0.15, -0.1) is 0 Å². The summed E-state index contributed by atoms with van der Waals surface area (Å²) in [7, 11) is -4.77. The fraction of sp³-hybridized carbons (Fsp3) is 0.562. The highest BCUT2D eigenvalue weighted by atomic mass is 31.2. The van der Waals surface area contributed by atoms with E-state index in [4.69, 9.17) is 24.8 Å². The molecule has 0 amide bonds. The number of phosphoric acid groups is 1. The molecule has 0 aromatic carbocycles. The van der Waals surface area contributed by atoms with Gasteiger partial charge in [-0.1, -0.05) is 149 Å². The number of esters is 2. The fourth-order valence-electron chi connectivity index (χ4n) is 5.15. The van der Waals surface area contributed by atoms with Gasteiger partial charge >= 0.3 is 25.7 Å². The highest BCUT2D eigenvalue weighted by Crippen LogP contribution is 2.43. The quantitative estimate of drug-likeness (QED) is 0.0128. The van der Waals surface area contributed by atoms with Gasteiger partial charge in [0.1, 0.15) is 12.6 Å². The molecule has 0 heterocycles. The van der Waals surface area contributed by atoms with Crippen LogP contribution in [0.3, 0.4) is 0 Å². The maximum atomic E-state index is 12.6. The standard InChI is InChI=1S/C48H76NO12P/c1-3-5-7-8-9-10-11-12-13-14-15-16-17-18-19-24-32-38-47(53)61-44(40-59-62(56,57)60-41-45(49)48(54)55)39-58-46(52)37-31-23-21-20-22-28-34-43(51)36-30-26-25-29-35-42(50)33-27-6-4-2/h6,9-10,12-13,15-16,21-23,25-30,35-36,42-45,50-51H,3-5,7-8,11,14,17-20,24,31-34,37-41,49H2,1-2H3,(H,54,55)(H,56,57)/b10-9-,13-12-,16-15-,23-21-,26-25-,27-6-,28-22-,35-29+,36-30+/t42-,43+,44-,45+/m1/s1. The number of phosphoric ester groups is 1. The topological polar surface area (TPSA) is 212 Å². The molecule has 0 aliphatic rings. The third kappa shape index (κ3) is 40.2. The first kappa shape index (κ1) is 58.1. The van der Waals surface area contributed by atoms with E-state index in [0.717, 1.165) is 51.4 Å². The maximum absolute atomic E-state index is 12.6. The molecule has 14 heteroatoms. The van der Waals surface area contributed by atoms with Gasteiger partial charge in [-0.2, -0.15) is 0 Å². The summed E-state index contributed by atoms with van der Waals surface area (Å²) >= 11 is 0. The van der Waals surface area contributed by atoms with Crippen LogP contribution in [0.2, 0.25) is 0 Å². The van der Waals surface area contributed by atoms with Crippen molar-refractivity contribution >= 4 is 25.7 Å². The molecule has 6 N–H and O–H groups in total. The predicted octanol–water partition coefficient (Wildman–Crippen LogP) is 9.78. The Hall–Kier alpha value is -3.94. The number of aliphatic hydroxyl groups excluding tert-OH is 2. The van der Waals surface area contributed by atoms with Crippen LogP contribution < -0.4 is 5.73 Å². The lowest BCUT2D eigenvalue weighted by molar-refractivity contribution is -0.161. The monoisotopic (exact) mass is 890 g/mol. The molecule has 0 fully saturated rings. The van der Waals surface area contributed by atoms with Gasteiger partial charge in [0.05, 0.1) is 25.4 Å². The minimum absolute atomic E-state index is 0.0280. The van der Waals surface area contributed by atoms with Gasteiger partial charge in [-0.05, 0) is 77.0 Å². The molecular formula is C48H76NO12P. The number of rotatable bonds is 39. The van der Waals surface area contributed by atoms with Crippen LogP contribution in [0.15, 0.2) is 109 Å². The van der Waals surface area contributed by atoms with E-state index < -0.39 is 69.9 Å². The van der Waals surface area contributed by atoms with Crippen molar-refractivity contribution in [2.45, 2.75) is 154 Å². The second-order valence-corrected chi connectivity index (χ2v) is 15.9. The number of aliphatic carboxylic acids is 1. The van der Waals surface area contributed by atoms with E-state index in [1.807, 2.05) is 43.4 Å². The highest BCUT2D eigenvalue weighted by Gasteiger charge is 2.28. The average molecular weight is 890 g/mol. The summed E-state index contributed by atoms with van der Waals surface area (Å²) in [5, 5.41) is 28.8. The van der Waals surface area contributed by atoms with E-state index in [9.17, 15) is 34.1 Å². The summed E-state index contributed by atoms with van der Waals surface area (Å²) in [4.78, 5) is 46.0. The molecule has 5 atom stereocenters. The van der Waals surface area contributed by atoms with Crippen LogP contribution in [0, 0.1) is 0 Å². The SMILES string of the molecule is CC/C=C\C[C@@H](O)/C=C/C=C\C=C\[C@@H](O)C/C=C\C/C=C\CCC(=O)OC[C@H](COP(=O)(O)OC[C@H](N)C(=O)O)OC(=O)CCCCCC/C=C\C/C=C\C/C=C\CCCCC. The number of carboxylic acid groups (broad SMARTS) is 1. The van der Waals surface area contributed by atoms with E-state index in [1.54, 1.807) is 36.5 Å². The van der Waals surface area contributed by atoms with Crippen LogP contribution >= 0.6 is 7.82 Å². The van der Waals surface area contributed by atoms with Crippen molar-refractivity contribution in [2.24, 2.45) is 5.73 Å². The second-order valence-electron chi connectivity index (χ2n) is 14.5. The third-order valence-corrected chi connectivity index (χ3v) is 9.64. The van der Waals surface area contributed by atoms with Crippen molar-refractivity contribution in [1.82, 2.24) is 0 Å². The molecule has 1 unspecified atom stereocenters. The molecule has 0 bridgehead atoms. The van der Waals surface area contributed by atoms with Crippen LogP contribution in [0.5, 0.6) is 0 Å². The minimum Gasteiger partial charge on any atom is -0.480 e. The van der Waals surface area contributed by atoms with Gasteiger partial charge in [-0.25, -0.2) is 4.57 Å². The van der Waals surface area contributed by atoms with Gasteiger partial charge in [-0.3, -0.25) is 23.4 Å². The molecule has 0 radical (unpaired) electrons. The Balaban J connectivity index is 4.65. The minimum atomic E-state index is -4.77. The molecule has 0 aromatic rings. The average Bonchev–Trinajstić information content (AvgIpc) is 3.24. The summed E-state index contributed by atoms with van der Waals surface area (Å²) in [5.74, 6) is -2.61. The van der Waals surface area contributed by atoms with Crippen LogP contribution in [0.1, 0.15) is 129 Å². The number of carbonyl (C=O) groups is 3. The zero-order valence-corrected chi connectivity index (χ0v) is 38.0. The van der Waals surface area contributed by atoms with Crippen molar-refractivity contribution < 1.29 is 57.7 Å². The Morgan fingerprint density at radius 1 is 0.597 bits per heavy atom. The van der Waals surface area contributed by atoms with E-state index >= 15 is 0 Å². The number of ether oxygens (including phenoxy) is 2. The largest absolute Gasteiger partial charge is 0.480 e. The highest BCUT2D eigenvalue weighted by molar-refractivity contribution is 7.47. The number of allylic oxidation sites excluding steroid dienone is 14. The van der Waals surface area contributed by atoms with E-state index in [0.29, 0.717) is 32.1 Å². The zero-order chi connectivity index (χ0) is 45.9. The molecule has 13 nitrogen and oxygen atoms in total. The Bertz CT molecular complexity index is 1500. The first-order valence-electron chi connectivity index (χ1n) is 22.1. The number of nitrogens with two attached hydrogens (primary N) is 1. The molecule has 0 saturated heterocycles. The first-order chi connectivity index (χ1) is 29.9. The normalized spacial score (nSPS) is 15.7. The number of carboxylic acids is 1. The van der Waals surface area contributed by atoms with Crippen molar-refractivity contribution in [3.63, 3.8) is 0 Å². The Morgan fingerprint density at radius 3 is 1.69 bits per heavy atom. The van der Waals surface area contributed by atoms with Crippen molar-refractivity contribution in [1.29, 1.82) is 0 Å². The maximum Gasteiger partial charge on any atom is 0.472 e. The van der Waals surface area contributed by atoms with Crippen LogP contribution in [-0.4, -0.2) is 82.3 Å². The van der Waals surface area contributed by atoms with E-state index in [-0.39, 0.29) is 12.8 Å². The van der Waals surface area contributed by atoms with E-state index in [1.165, 1.54) is 19.3 Å². The van der Waals surface area contributed by atoms with Crippen LogP contribution in [0.25, 0.3) is 0 Å². The fourth-order valence-corrected chi connectivity index (χ4v) is 5.93. The zero-order valence-electron chi connectivity index (χ0n) is 37.1. The lowest BCUT2D eigenvalue weighted by atomic mass is 10.1. The lowest BCUT2D eigenvalue weighted by Gasteiger charge is -2.20. The van der Waals surface area contributed by atoms with Crippen molar-refractivity contribution in [2.75, 3.05) is 19.8 Å². The Kier molecular flexibility index (Phi) is 38.5. The summed E-state index contributed by atoms with van der Waals surface area (Å²) < 4.78 is 32.5. The van der Waals surface area contributed by atoms with Crippen molar-refractivity contribution in [3.8, 4) is 0 Å². The molecule has 0 aliphatic heterocycles. The molecule has 0 rings (SSSR count). The second kappa shape index (κ2) is 41.1.